The molecule has 0 saturated heterocycles. The molecular formula is C28H32FN5O. The monoisotopic (exact) mass is 473 g/mol. The van der Waals surface area contributed by atoms with Gasteiger partial charge in [0.25, 0.3) is 5.56 Å². The third-order valence-corrected chi connectivity index (χ3v) is 8.06. The number of nitriles is 1. The molecule has 2 aliphatic carbocycles. The van der Waals surface area contributed by atoms with Crippen molar-refractivity contribution in [3.63, 3.8) is 0 Å². The molecule has 2 heterocycles. The lowest BCUT2D eigenvalue weighted by molar-refractivity contribution is 0.291. The Morgan fingerprint density at radius 1 is 1.06 bits per heavy atom. The van der Waals surface area contributed by atoms with Crippen LogP contribution in [-0.4, -0.2) is 35.2 Å². The van der Waals surface area contributed by atoms with Gasteiger partial charge in [-0.15, -0.1) is 0 Å². The van der Waals surface area contributed by atoms with Crippen LogP contribution < -0.4 is 15.4 Å². The molecule has 7 heteroatoms. The summed E-state index contributed by atoms with van der Waals surface area (Å²) < 4.78 is 15.2. The fourth-order valence-corrected chi connectivity index (χ4v) is 5.65. The van der Waals surface area contributed by atoms with Crippen LogP contribution >= 0.6 is 0 Å². The number of benzene rings is 1. The number of hydrogen-bond acceptors (Lipinski definition) is 5. The van der Waals surface area contributed by atoms with Crippen LogP contribution in [0.4, 0.5) is 15.8 Å². The third-order valence-electron chi connectivity index (χ3n) is 8.06. The molecule has 1 aromatic carbocycles. The first kappa shape index (κ1) is 23.3. The molecule has 5 rings (SSSR count). The average molecular weight is 474 g/mol. The highest BCUT2D eigenvalue weighted by molar-refractivity contribution is 5.88. The van der Waals surface area contributed by atoms with Gasteiger partial charge in [-0.3, -0.25) is 4.79 Å². The minimum Gasteiger partial charge on any atom is -0.370 e. The van der Waals surface area contributed by atoms with E-state index in [2.05, 4.69) is 20.9 Å². The molecule has 2 fully saturated rings. The number of halogens is 1. The number of rotatable bonds is 6. The van der Waals surface area contributed by atoms with Crippen LogP contribution in [0.1, 0.15) is 50.6 Å². The molecule has 35 heavy (non-hydrogen) atoms. The first-order chi connectivity index (χ1) is 16.9. The Morgan fingerprint density at radius 3 is 2.37 bits per heavy atom. The minimum absolute atomic E-state index is 0.0810. The fraction of sp³-hybridized carbons (Fsp3) is 0.464. The third kappa shape index (κ3) is 4.62. The van der Waals surface area contributed by atoms with E-state index < -0.39 is 0 Å². The molecule has 2 saturated carbocycles. The molecule has 182 valence electrons. The predicted octanol–water partition coefficient (Wildman–Crippen LogP) is 5.00. The van der Waals surface area contributed by atoms with Crippen molar-refractivity contribution in [1.29, 1.82) is 5.26 Å². The van der Waals surface area contributed by atoms with Crippen molar-refractivity contribution >= 4 is 22.4 Å². The van der Waals surface area contributed by atoms with Crippen molar-refractivity contribution in [2.45, 2.75) is 57.0 Å². The van der Waals surface area contributed by atoms with Gasteiger partial charge < -0.3 is 14.4 Å². The Bertz CT molecular complexity index is 1300. The Morgan fingerprint density at radius 2 is 1.74 bits per heavy atom. The second kappa shape index (κ2) is 9.69. The number of aryl methyl sites for hydroxylation is 1. The quantitative estimate of drug-likeness (QED) is 0.504. The Balaban J connectivity index is 1.36. The summed E-state index contributed by atoms with van der Waals surface area (Å²) in [5.74, 6) is 0.532. The molecule has 6 nitrogen and oxygen atoms in total. The van der Waals surface area contributed by atoms with Crippen molar-refractivity contribution in [3.05, 3.63) is 64.3 Å². The van der Waals surface area contributed by atoms with E-state index in [9.17, 15) is 14.4 Å². The molecule has 0 unspecified atom stereocenters. The molecule has 3 aromatic rings. The maximum atomic E-state index is 13.6. The van der Waals surface area contributed by atoms with Crippen LogP contribution in [0.15, 0.2) is 47.3 Å². The van der Waals surface area contributed by atoms with E-state index in [-0.39, 0.29) is 17.4 Å². The van der Waals surface area contributed by atoms with Crippen LogP contribution in [0.5, 0.6) is 0 Å². The molecule has 0 aliphatic heterocycles. The van der Waals surface area contributed by atoms with E-state index in [1.807, 2.05) is 19.2 Å². The molecular weight excluding hydrogens is 441 g/mol. The molecule has 0 atom stereocenters. The van der Waals surface area contributed by atoms with Crippen molar-refractivity contribution < 1.29 is 4.39 Å². The zero-order valence-corrected chi connectivity index (χ0v) is 20.5. The van der Waals surface area contributed by atoms with Crippen LogP contribution in [0.3, 0.4) is 0 Å². The first-order valence-electron chi connectivity index (χ1n) is 12.6. The maximum Gasteiger partial charge on any atom is 0.252 e. The number of fused-ring (bicyclic) bond motifs is 1. The van der Waals surface area contributed by atoms with E-state index in [0.29, 0.717) is 17.3 Å². The summed E-state index contributed by atoms with van der Waals surface area (Å²) in [6.07, 6.45) is 7.95. The molecule has 2 aromatic heterocycles. The van der Waals surface area contributed by atoms with Crippen LogP contribution in [0, 0.1) is 23.1 Å². The van der Waals surface area contributed by atoms with E-state index >= 15 is 0 Å². The Labute approximate surface area is 205 Å². The van der Waals surface area contributed by atoms with Crippen molar-refractivity contribution in [2.75, 3.05) is 23.4 Å². The largest absolute Gasteiger partial charge is 0.370 e. The zero-order valence-electron chi connectivity index (χ0n) is 20.5. The lowest BCUT2D eigenvalue weighted by Crippen LogP contribution is -2.46. The highest BCUT2D eigenvalue weighted by Gasteiger charge is 2.31. The van der Waals surface area contributed by atoms with Gasteiger partial charge in [0.2, 0.25) is 0 Å². The number of hydrogen-bond donors (Lipinski definition) is 0. The van der Waals surface area contributed by atoms with Gasteiger partial charge in [0.15, 0.2) is 0 Å². The summed E-state index contributed by atoms with van der Waals surface area (Å²) in [4.78, 5) is 21.9. The maximum absolute atomic E-state index is 13.6. The summed E-state index contributed by atoms with van der Waals surface area (Å²) in [6, 6.07) is 14.9. The van der Waals surface area contributed by atoms with Gasteiger partial charge >= 0.3 is 0 Å². The van der Waals surface area contributed by atoms with Gasteiger partial charge in [0.05, 0.1) is 11.2 Å². The number of nitrogens with zero attached hydrogens (tertiary/aromatic N) is 5. The highest BCUT2D eigenvalue weighted by atomic mass is 19.1. The second-order valence-electron chi connectivity index (χ2n) is 10.1. The van der Waals surface area contributed by atoms with E-state index in [1.54, 1.807) is 41.9 Å². The number of pyridine rings is 2. The number of anilines is 2. The first-order valence-corrected chi connectivity index (χ1v) is 12.6. The molecule has 0 radical (unpaired) electrons. The summed E-state index contributed by atoms with van der Waals surface area (Å²) in [6.45, 7) is 1.04. The van der Waals surface area contributed by atoms with Gasteiger partial charge in [0, 0.05) is 44.5 Å². The lowest BCUT2D eigenvalue weighted by Gasteiger charge is -2.43. The van der Waals surface area contributed by atoms with Crippen LogP contribution in [0.2, 0.25) is 0 Å². The normalized spacial score (nSPS) is 20.3. The topological polar surface area (TPSA) is 65.2 Å². The molecule has 0 spiro atoms. The summed E-state index contributed by atoms with van der Waals surface area (Å²) in [5, 5.41) is 9.35. The highest BCUT2D eigenvalue weighted by Crippen LogP contribution is 2.36. The minimum atomic E-state index is -0.197. The lowest BCUT2D eigenvalue weighted by atomic mass is 9.83. The Hall–Kier alpha value is -3.40. The SMILES string of the molecule is Cn1c(=O)cc(N(C)[C@H]2CC[C@@H](N(CC3CCC3)c3ccc(F)cc3)CC2)c2nc(C#N)ccc21. The summed E-state index contributed by atoms with van der Waals surface area (Å²) in [7, 11) is 3.77. The molecule has 0 amide bonds. The van der Waals surface area contributed by atoms with Gasteiger partial charge in [-0.05, 0) is 80.8 Å². The van der Waals surface area contributed by atoms with Crippen LogP contribution in [0.25, 0.3) is 11.0 Å². The smallest absolute Gasteiger partial charge is 0.252 e. The van der Waals surface area contributed by atoms with Gasteiger partial charge in [0.1, 0.15) is 23.1 Å². The van der Waals surface area contributed by atoms with Crippen molar-refractivity contribution in [2.24, 2.45) is 13.0 Å². The van der Waals surface area contributed by atoms with E-state index in [1.165, 1.54) is 19.3 Å². The van der Waals surface area contributed by atoms with Gasteiger partial charge in [-0.2, -0.15) is 5.26 Å². The van der Waals surface area contributed by atoms with E-state index in [4.69, 9.17) is 0 Å². The molecule has 0 bridgehead atoms. The molecule has 2 aliphatic rings. The summed E-state index contributed by atoms with van der Waals surface area (Å²) >= 11 is 0. The zero-order chi connectivity index (χ0) is 24.5. The second-order valence-corrected chi connectivity index (χ2v) is 10.1. The van der Waals surface area contributed by atoms with Crippen molar-refractivity contribution in [1.82, 2.24) is 9.55 Å². The van der Waals surface area contributed by atoms with Gasteiger partial charge in [-0.25, -0.2) is 9.37 Å². The van der Waals surface area contributed by atoms with E-state index in [0.717, 1.165) is 55.0 Å². The number of aromatic nitrogens is 2. The average Bonchev–Trinajstić information content (AvgIpc) is 2.86. The molecule has 0 N–H and O–H groups in total. The summed E-state index contributed by atoms with van der Waals surface area (Å²) in [5.41, 5.74) is 3.58. The van der Waals surface area contributed by atoms with Crippen molar-refractivity contribution in [3.8, 4) is 6.07 Å². The Kier molecular flexibility index (Phi) is 6.46. The standard InChI is InChI=1S/C28H32FN5O/c1-32(26-16-27(35)33(2)25-15-8-21(17-30)31-28(25)26)22-11-13-24(14-12-22)34(18-19-4-3-5-19)23-9-6-20(29)7-10-23/h6-10,15-16,19,22,24H,3-5,11-14,18H2,1-2H3/t22-,24+. The van der Waals surface area contributed by atoms with Crippen LogP contribution in [-0.2, 0) is 7.05 Å². The predicted molar refractivity (Wildman–Crippen MR) is 137 cm³/mol. The van der Waals surface area contributed by atoms with Gasteiger partial charge in [-0.1, -0.05) is 6.42 Å². The fourth-order valence-electron chi connectivity index (χ4n) is 5.65.